The number of carbonyl (C=O) groups excluding carboxylic acids is 1. The molecule has 0 atom stereocenters. The number of phenolic OH excluding ortho intramolecular Hbond substituents is 2. The molecule has 0 radical (unpaired) electrons. The van der Waals surface area contributed by atoms with Crippen molar-refractivity contribution in [2.24, 2.45) is 0 Å². The lowest BCUT2D eigenvalue weighted by atomic mass is 10.2. The molecule has 0 aliphatic heterocycles. The van der Waals surface area contributed by atoms with Crippen LogP contribution in [0.1, 0.15) is 10.4 Å². The molecule has 0 saturated carbocycles. The molecule has 1 aromatic rings. The van der Waals surface area contributed by atoms with Crippen molar-refractivity contribution in [1.29, 1.82) is 0 Å². The summed E-state index contributed by atoms with van der Waals surface area (Å²) in [7, 11) is 0. The van der Waals surface area contributed by atoms with Crippen LogP contribution in [0.5, 0.6) is 11.5 Å². The molecule has 12 heavy (non-hydrogen) atoms. The van der Waals surface area contributed by atoms with Gasteiger partial charge in [0.15, 0.2) is 17.8 Å². The summed E-state index contributed by atoms with van der Waals surface area (Å²) in [5, 5.41) is 17.8. The zero-order valence-electron chi connectivity index (χ0n) is 5.71. The highest BCUT2D eigenvalue weighted by atomic mass is 35.5. The smallest absolute Gasteiger partial charge is 0.178 e. The van der Waals surface area contributed by atoms with E-state index < -0.39 is 11.5 Å². The average Bonchev–Trinajstić information content (AvgIpc) is 2.08. The fourth-order valence-corrected chi connectivity index (χ4v) is 1.10. The number of hydrogen-bond donors (Lipinski definition) is 2. The zero-order valence-corrected chi connectivity index (χ0v) is 7.23. The predicted molar refractivity (Wildman–Crippen MR) is 45.2 cm³/mol. The van der Waals surface area contributed by atoms with Crippen LogP contribution in [0.25, 0.3) is 0 Å². The largest absolute Gasteiger partial charge is 0.503 e. The predicted octanol–water partition coefficient (Wildman–Crippen LogP) is 2.22. The molecule has 3 nitrogen and oxygen atoms in total. The second-order valence-corrected chi connectivity index (χ2v) is 2.86. The minimum absolute atomic E-state index is 0.0389. The van der Waals surface area contributed by atoms with E-state index in [-0.39, 0.29) is 15.6 Å². The van der Waals surface area contributed by atoms with Gasteiger partial charge < -0.3 is 10.2 Å². The van der Waals surface area contributed by atoms with Crippen LogP contribution in [-0.4, -0.2) is 16.5 Å². The maximum atomic E-state index is 10.3. The lowest BCUT2D eigenvalue weighted by Crippen LogP contribution is -1.83. The Morgan fingerprint density at radius 3 is 2.33 bits per heavy atom. The van der Waals surface area contributed by atoms with E-state index in [1.54, 1.807) is 0 Å². The Balaban J connectivity index is 3.49. The SMILES string of the molecule is O=Cc1cc(Cl)c(O)c(O)c1Cl. The van der Waals surface area contributed by atoms with E-state index in [2.05, 4.69) is 0 Å². The highest BCUT2D eigenvalue weighted by molar-refractivity contribution is 6.37. The molecule has 0 aliphatic rings. The van der Waals surface area contributed by atoms with Crippen molar-refractivity contribution in [2.45, 2.75) is 0 Å². The molecular weight excluding hydrogens is 203 g/mol. The summed E-state index contributed by atoms with van der Waals surface area (Å²) >= 11 is 10.9. The van der Waals surface area contributed by atoms with Crippen LogP contribution in [-0.2, 0) is 0 Å². The molecule has 0 aromatic heterocycles. The highest BCUT2D eigenvalue weighted by Crippen LogP contribution is 2.40. The van der Waals surface area contributed by atoms with Crippen molar-refractivity contribution in [3.63, 3.8) is 0 Å². The minimum Gasteiger partial charge on any atom is -0.503 e. The summed E-state index contributed by atoms with van der Waals surface area (Å²) in [6.07, 6.45) is 0.438. The van der Waals surface area contributed by atoms with Gasteiger partial charge in [-0.25, -0.2) is 0 Å². The Labute approximate surface area is 78.2 Å². The summed E-state index contributed by atoms with van der Waals surface area (Å²) in [6.45, 7) is 0. The van der Waals surface area contributed by atoms with E-state index in [1.165, 1.54) is 6.07 Å². The summed E-state index contributed by atoms with van der Waals surface area (Å²) < 4.78 is 0. The van der Waals surface area contributed by atoms with Gasteiger partial charge in [0.2, 0.25) is 0 Å². The standard InChI is InChI=1S/C7H4Cl2O3/c8-4-1-3(2-10)5(9)7(12)6(4)11/h1-2,11-12H. The first-order valence-corrected chi connectivity index (χ1v) is 3.68. The van der Waals surface area contributed by atoms with E-state index in [0.717, 1.165) is 0 Å². The maximum Gasteiger partial charge on any atom is 0.178 e. The van der Waals surface area contributed by atoms with Gasteiger partial charge in [-0.3, -0.25) is 4.79 Å². The molecule has 0 aliphatic carbocycles. The van der Waals surface area contributed by atoms with Crippen LogP contribution in [0.3, 0.4) is 0 Å². The van der Waals surface area contributed by atoms with Crippen LogP contribution in [0.2, 0.25) is 10.0 Å². The third-order valence-electron chi connectivity index (χ3n) is 1.32. The number of benzene rings is 1. The fraction of sp³-hybridized carbons (Fsp3) is 0. The molecule has 0 heterocycles. The van der Waals surface area contributed by atoms with Gasteiger partial charge in [-0.1, -0.05) is 23.2 Å². The zero-order chi connectivity index (χ0) is 9.30. The second kappa shape index (κ2) is 3.21. The van der Waals surface area contributed by atoms with Crippen molar-refractivity contribution in [1.82, 2.24) is 0 Å². The van der Waals surface area contributed by atoms with Crippen LogP contribution >= 0.6 is 23.2 Å². The quantitative estimate of drug-likeness (QED) is 0.548. The first-order chi connectivity index (χ1) is 5.57. The highest BCUT2D eigenvalue weighted by Gasteiger charge is 2.13. The lowest BCUT2D eigenvalue weighted by Gasteiger charge is -2.03. The topological polar surface area (TPSA) is 57.5 Å². The van der Waals surface area contributed by atoms with Crippen molar-refractivity contribution in [3.8, 4) is 11.5 Å². The van der Waals surface area contributed by atoms with E-state index in [9.17, 15) is 4.79 Å². The van der Waals surface area contributed by atoms with Gasteiger partial charge in [-0.15, -0.1) is 0 Å². The monoisotopic (exact) mass is 206 g/mol. The number of phenols is 2. The summed E-state index contributed by atoms with van der Waals surface area (Å²) in [6, 6.07) is 1.17. The van der Waals surface area contributed by atoms with Crippen LogP contribution in [0.4, 0.5) is 0 Å². The van der Waals surface area contributed by atoms with Crippen LogP contribution < -0.4 is 0 Å². The minimum atomic E-state index is -0.578. The molecule has 2 N–H and O–H groups in total. The van der Waals surface area contributed by atoms with E-state index in [1.807, 2.05) is 0 Å². The van der Waals surface area contributed by atoms with Gasteiger partial charge in [-0.05, 0) is 6.07 Å². The molecule has 0 bridgehead atoms. The Bertz CT molecular complexity index is 336. The van der Waals surface area contributed by atoms with Crippen molar-refractivity contribution in [2.75, 3.05) is 0 Å². The summed E-state index contributed by atoms with van der Waals surface area (Å²) in [5.74, 6) is -1.10. The van der Waals surface area contributed by atoms with Crippen molar-refractivity contribution in [3.05, 3.63) is 21.7 Å². The molecule has 5 heteroatoms. The second-order valence-electron chi connectivity index (χ2n) is 2.08. The Morgan fingerprint density at radius 2 is 1.83 bits per heavy atom. The Kier molecular flexibility index (Phi) is 2.45. The molecule has 1 rings (SSSR count). The van der Waals surface area contributed by atoms with E-state index in [0.29, 0.717) is 6.29 Å². The number of hydrogen-bond acceptors (Lipinski definition) is 3. The van der Waals surface area contributed by atoms with Gasteiger partial charge in [-0.2, -0.15) is 0 Å². The van der Waals surface area contributed by atoms with Crippen molar-refractivity contribution >= 4 is 29.5 Å². The van der Waals surface area contributed by atoms with Crippen molar-refractivity contribution < 1.29 is 15.0 Å². The Morgan fingerprint density at radius 1 is 1.25 bits per heavy atom. The lowest BCUT2D eigenvalue weighted by molar-refractivity contribution is 0.112. The van der Waals surface area contributed by atoms with Gasteiger partial charge in [0.1, 0.15) is 0 Å². The molecule has 0 fully saturated rings. The van der Waals surface area contributed by atoms with Gasteiger partial charge >= 0.3 is 0 Å². The van der Waals surface area contributed by atoms with Gasteiger partial charge in [0, 0.05) is 5.56 Å². The van der Waals surface area contributed by atoms with Crippen LogP contribution in [0.15, 0.2) is 6.07 Å². The average molecular weight is 207 g/mol. The van der Waals surface area contributed by atoms with E-state index >= 15 is 0 Å². The third-order valence-corrected chi connectivity index (χ3v) is 2.01. The van der Waals surface area contributed by atoms with Crippen LogP contribution in [0, 0.1) is 0 Å². The first kappa shape index (κ1) is 9.16. The van der Waals surface area contributed by atoms with Gasteiger partial charge in [0.25, 0.3) is 0 Å². The molecular formula is C7H4Cl2O3. The third kappa shape index (κ3) is 1.33. The molecule has 0 amide bonds. The maximum absolute atomic E-state index is 10.3. The van der Waals surface area contributed by atoms with Gasteiger partial charge in [0.05, 0.1) is 10.0 Å². The first-order valence-electron chi connectivity index (χ1n) is 2.93. The van der Waals surface area contributed by atoms with E-state index in [4.69, 9.17) is 33.4 Å². The summed E-state index contributed by atoms with van der Waals surface area (Å²) in [5.41, 5.74) is 0.0389. The molecule has 0 spiro atoms. The molecule has 0 saturated heterocycles. The molecule has 0 unspecified atom stereocenters. The molecule has 64 valence electrons. The molecule has 1 aromatic carbocycles. The number of aldehydes is 1. The number of carbonyl (C=O) groups is 1. The fourth-order valence-electron chi connectivity index (χ4n) is 0.708. The normalized spacial score (nSPS) is 9.83. The summed E-state index contributed by atoms with van der Waals surface area (Å²) in [4.78, 5) is 10.3. The Hall–Kier alpha value is -0.930. The number of rotatable bonds is 1. The number of aromatic hydroxyl groups is 2. The number of halogens is 2.